The molecule has 3 aromatic rings. The Hall–Kier alpha value is -3.30. The number of rotatable bonds is 2. The molecule has 5 rings (SSSR count). The van der Waals surface area contributed by atoms with Crippen molar-refractivity contribution >= 4 is 35.0 Å². The van der Waals surface area contributed by atoms with E-state index in [2.05, 4.69) is 68.3 Å². The van der Waals surface area contributed by atoms with Crippen molar-refractivity contribution in [2.24, 2.45) is 0 Å². The molecule has 0 N–H and O–H groups in total. The number of benzene rings is 3. The molecule has 1 atom stereocenters. The van der Waals surface area contributed by atoms with Crippen molar-refractivity contribution in [1.29, 1.82) is 0 Å². The summed E-state index contributed by atoms with van der Waals surface area (Å²) in [5.41, 5.74) is 6.08. The van der Waals surface area contributed by atoms with Crippen molar-refractivity contribution in [1.82, 2.24) is 0 Å². The lowest BCUT2D eigenvalue weighted by molar-refractivity contribution is 0.0984. The number of para-hydroxylation sites is 2. The predicted molar refractivity (Wildman–Crippen MR) is 133 cm³/mol. The number of carbonyl (C=O) groups excluding carboxylic acids is 1. The summed E-state index contributed by atoms with van der Waals surface area (Å²) in [6.07, 6.45) is 6.44. The van der Waals surface area contributed by atoms with Crippen molar-refractivity contribution in [3.05, 3.63) is 112 Å². The first-order valence-electron chi connectivity index (χ1n) is 10.8. The minimum atomic E-state index is -0.209. The molecule has 0 radical (unpaired) electrons. The van der Waals surface area contributed by atoms with Crippen molar-refractivity contribution in [3.63, 3.8) is 0 Å². The Bertz CT molecular complexity index is 1260. The monoisotopic (exact) mass is 440 g/mol. The van der Waals surface area contributed by atoms with Crippen LogP contribution in [-0.4, -0.2) is 19.0 Å². The maximum Gasteiger partial charge on any atom is 0.259 e. The molecule has 0 bridgehead atoms. The molecule has 1 unspecified atom stereocenters. The van der Waals surface area contributed by atoms with Crippen LogP contribution >= 0.6 is 11.6 Å². The highest BCUT2D eigenvalue weighted by atomic mass is 35.5. The lowest BCUT2D eigenvalue weighted by Gasteiger charge is -2.34. The van der Waals surface area contributed by atoms with Crippen LogP contribution in [0.4, 0.5) is 11.4 Å². The second-order valence-corrected chi connectivity index (χ2v) is 9.28. The third kappa shape index (κ3) is 3.25. The highest BCUT2D eigenvalue weighted by molar-refractivity contribution is 6.30. The summed E-state index contributed by atoms with van der Waals surface area (Å²) in [5.74, 6) is -0.0451. The van der Waals surface area contributed by atoms with Gasteiger partial charge < -0.3 is 4.90 Å². The van der Waals surface area contributed by atoms with Gasteiger partial charge in [0, 0.05) is 34.4 Å². The topological polar surface area (TPSA) is 23.6 Å². The van der Waals surface area contributed by atoms with Gasteiger partial charge >= 0.3 is 0 Å². The van der Waals surface area contributed by atoms with Crippen LogP contribution in [0.5, 0.6) is 0 Å². The van der Waals surface area contributed by atoms with Crippen molar-refractivity contribution in [2.45, 2.75) is 25.3 Å². The first kappa shape index (κ1) is 20.6. The van der Waals surface area contributed by atoms with Crippen LogP contribution in [0.15, 0.2) is 90.6 Å². The second kappa shape index (κ2) is 7.68. The fourth-order valence-corrected chi connectivity index (χ4v) is 4.99. The van der Waals surface area contributed by atoms with E-state index >= 15 is 0 Å². The normalized spacial score (nSPS) is 19.8. The quantitative estimate of drug-likeness (QED) is 0.443. The van der Waals surface area contributed by atoms with E-state index in [1.54, 1.807) is 24.3 Å². The number of likely N-dealkylation sites (N-methyl/N-ethyl adjacent to an activating group) is 1. The average molecular weight is 441 g/mol. The lowest BCUT2D eigenvalue weighted by atomic mass is 9.83. The van der Waals surface area contributed by atoms with Gasteiger partial charge in [-0.1, -0.05) is 74.0 Å². The third-order valence-electron chi connectivity index (χ3n) is 6.55. The molecule has 0 saturated heterocycles. The van der Waals surface area contributed by atoms with Gasteiger partial charge in [0.25, 0.3) is 5.91 Å². The number of allylic oxidation sites excluding steroid dienone is 1. The van der Waals surface area contributed by atoms with Crippen LogP contribution < -0.4 is 9.80 Å². The lowest BCUT2D eigenvalue weighted by Crippen LogP contribution is -2.41. The molecule has 3 nitrogen and oxygen atoms in total. The molecular weight excluding hydrogens is 416 g/mol. The number of hydrogen-bond donors (Lipinski definition) is 0. The molecule has 1 amide bonds. The largest absolute Gasteiger partial charge is 0.347 e. The summed E-state index contributed by atoms with van der Waals surface area (Å²) in [6.45, 7) is 4.49. The van der Waals surface area contributed by atoms with Gasteiger partial charge in [0.2, 0.25) is 0 Å². The van der Waals surface area contributed by atoms with E-state index in [0.717, 1.165) is 11.3 Å². The number of amides is 1. The maximum absolute atomic E-state index is 13.7. The summed E-state index contributed by atoms with van der Waals surface area (Å²) in [7, 11) is 2.10. The zero-order valence-electron chi connectivity index (χ0n) is 18.4. The molecule has 0 aliphatic carbocycles. The number of halogens is 1. The highest BCUT2D eigenvalue weighted by Crippen LogP contribution is 2.47. The van der Waals surface area contributed by atoms with Gasteiger partial charge in [-0.3, -0.25) is 9.69 Å². The summed E-state index contributed by atoms with van der Waals surface area (Å²) < 4.78 is 0. The third-order valence-corrected chi connectivity index (χ3v) is 6.80. The van der Waals surface area contributed by atoms with Gasteiger partial charge in [-0.05, 0) is 53.6 Å². The van der Waals surface area contributed by atoms with Gasteiger partial charge in [-0.15, -0.1) is 0 Å². The van der Waals surface area contributed by atoms with Crippen molar-refractivity contribution in [3.8, 4) is 0 Å². The summed E-state index contributed by atoms with van der Waals surface area (Å²) >= 11 is 6.07. The first-order chi connectivity index (χ1) is 15.4. The summed E-state index contributed by atoms with van der Waals surface area (Å²) in [6, 6.07) is 23.4. The molecule has 160 valence electrons. The van der Waals surface area contributed by atoms with E-state index < -0.39 is 0 Å². The SMILES string of the molecule is CN1C(=CC2C=Cc3ccccc3N2C(=O)c2ccc(Cl)cc2)C(C)(C)c2ccccc21. The highest BCUT2D eigenvalue weighted by Gasteiger charge is 2.39. The van der Waals surface area contributed by atoms with Crippen LogP contribution in [0.1, 0.15) is 35.3 Å². The molecule has 0 saturated carbocycles. The minimum Gasteiger partial charge on any atom is -0.347 e. The van der Waals surface area contributed by atoms with Crippen LogP contribution in [0.3, 0.4) is 0 Å². The van der Waals surface area contributed by atoms with Gasteiger partial charge in [0.05, 0.1) is 11.7 Å². The van der Waals surface area contributed by atoms with Gasteiger partial charge in [0.15, 0.2) is 0 Å². The summed E-state index contributed by atoms with van der Waals surface area (Å²) in [4.78, 5) is 17.9. The molecule has 0 spiro atoms. The Balaban J connectivity index is 1.61. The molecule has 4 heteroatoms. The smallest absolute Gasteiger partial charge is 0.259 e. The van der Waals surface area contributed by atoms with Gasteiger partial charge in [-0.2, -0.15) is 0 Å². The number of anilines is 2. The van der Waals surface area contributed by atoms with Crippen molar-refractivity contribution in [2.75, 3.05) is 16.8 Å². The minimum absolute atomic E-state index is 0.0451. The Morgan fingerprint density at radius 3 is 2.31 bits per heavy atom. The molecule has 2 heterocycles. The van der Waals surface area contributed by atoms with Crippen molar-refractivity contribution < 1.29 is 4.79 Å². The Morgan fingerprint density at radius 2 is 1.59 bits per heavy atom. The van der Waals surface area contributed by atoms with Crippen LogP contribution in [0.25, 0.3) is 6.08 Å². The van der Waals surface area contributed by atoms with E-state index in [4.69, 9.17) is 11.6 Å². The van der Waals surface area contributed by atoms with E-state index in [0.29, 0.717) is 10.6 Å². The number of carbonyl (C=O) groups is 1. The molecule has 3 aromatic carbocycles. The molecule has 32 heavy (non-hydrogen) atoms. The molecular formula is C28H25ClN2O. The molecule has 2 aliphatic rings. The standard InChI is InChI=1S/C28H25ClN2O/c1-28(2)23-9-5-7-11-25(23)30(3)26(28)18-22-17-14-19-8-4-6-10-24(19)31(22)27(32)20-12-15-21(29)16-13-20/h4-18,22H,1-3H3. The van der Waals surface area contributed by atoms with E-state index in [-0.39, 0.29) is 17.4 Å². The fourth-order valence-electron chi connectivity index (χ4n) is 4.87. The van der Waals surface area contributed by atoms with E-state index in [1.807, 2.05) is 29.2 Å². The second-order valence-electron chi connectivity index (χ2n) is 8.84. The van der Waals surface area contributed by atoms with Crippen LogP contribution in [0, 0.1) is 0 Å². The summed E-state index contributed by atoms with van der Waals surface area (Å²) in [5, 5.41) is 0.617. The number of fused-ring (bicyclic) bond motifs is 2. The Morgan fingerprint density at radius 1 is 0.938 bits per heavy atom. The molecule has 0 aromatic heterocycles. The van der Waals surface area contributed by atoms with Crippen LogP contribution in [0.2, 0.25) is 5.02 Å². The average Bonchev–Trinajstić information content (AvgIpc) is 3.00. The van der Waals surface area contributed by atoms with E-state index in [1.165, 1.54) is 16.9 Å². The zero-order chi connectivity index (χ0) is 22.5. The van der Waals surface area contributed by atoms with E-state index in [9.17, 15) is 4.79 Å². The predicted octanol–water partition coefficient (Wildman–Crippen LogP) is 6.69. The van der Waals surface area contributed by atoms with Crippen LogP contribution in [-0.2, 0) is 5.41 Å². The maximum atomic E-state index is 13.7. The van der Waals surface area contributed by atoms with Gasteiger partial charge in [-0.25, -0.2) is 0 Å². The Labute approximate surface area is 194 Å². The zero-order valence-corrected chi connectivity index (χ0v) is 19.2. The first-order valence-corrected chi connectivity index (χ1v) is 11.2. The Kier molecular flexibility index (Phi) is 4.94. The number of hydrogen-bond acceptors (Lipinski definition) is 2. The molecule has 0 fully saturated rings. The molecule has 2 aliphatic heterocycles. The number of nitrogens with zero attached hydrogens (tertiary/aromatic N) is 2. The van der Waals surface area contributed by atoms with Gasteiger partial charge in [0.1, 0.15) is 0 Å². The fraction of sp³-hybridized carbons (Fsp3) is 0.179.